The van der Waals surface area contributed by atoms with Gasteiger partial charge in [-0.25, -0.2) is 4.79 Å². The highest BCUT2D eigenvalue weighted by Crippen LogP contribution is 2.36. The van der Waals surface area contributed by atoms with Crippen LogP contribution in [0.4, 0.5) is 0 Å². The predicted octanol–water partition coefficient (Wildman–Crippen LogP) is 8.18. The van der Waals surface area contributed by atoms with E-state index in [1.807, 2.05) is 54.6 Å². The van der Waals surface area contributed by atoms with Crippen molar-refractivity contribution in [3.63, 3.8) is 0 Å². The molecular formula is C31H18O3. The highest BCUT2D eigenvalue weighted by Gasteiger charge is 2.12. The molecule has 34 heavy (non-hydrogen) atoms. The SMILES string of the molecule is O=c1oc2ccccc2c2ccc(-c3ccc(-c4cccc5c4oc4ccccc45)cc3)cc12. The summed E-state index contributed by atoms with van der Waals surface area (Å²) in [5.41, 5.74) is 6.24. The van der Waals surface area contributed by atoms with Gasteiger partial charge >= 0.3 is 5.63 Å². The lowest BCUT2D eigenvalue weighted by molar-refractivity contribution is 0.569. The molecule has 3 heteroatoms. The quantitative estimate of drug-likeness (QED) is 0.202. The van der Waals surface area contributed by atoms with Crippen LogP contribution in [0.25, 0.3) is 65.9 Å². The van der Waals surface area contributed by atoms with Crippen molar-refractivity contribution in [2.45, 2.75) is 0 Å². The Labute approximate surface area is 194 Å². The van der Waals surface area contributed by atoms with Crippen LogP contribution < -0.4 is 5.63 Å². The zero-order chi connectivity index (χ0) is 22.6. The number of benzene rings is 5. The summed E-state index contributed by atoms with van der Waals surface area (Å²) in [6.07, 6.45) is 0. The standard InChI is InChI=1S/C31H18O3/c32-31-27-18-21(16-17-23(27)24-6-1-4-11-29(24)34-31)19-12-14-20(15-13-19)22-8-5-9-26-25-7-2-3-10-28(25)33-30(22)26/h1-18H. The first-order chi connectivity index (χ1) is 16.8. The molecule has 0 radical (unpaired) electrons. The maximum atomic E-state index is 12.6. The van der Waals surface area contributed by atoms with Crippen LogP contribution in [0, 0.1) is 0 Å². The number of hydrogen-bond acceptors (Lipinski definition) is 3. The second kappa shape index (κ2) is 7.19. The van der Waals surface area contributed by atoms with E-state index < -0.39 is 0 Å². The molecular weight excluding hydrogens is 420 g/mol. The van der Waals surface area contributed by atoms with Gasteiger partial charge in [0.1, 0.15) is 16.7 Å². The Morgan fingerprint density at radius 2 is 1.06 bits per heavy atom. The van der Waals surface area contributed by atoms with E-state index in [2.05, 4.69) is 54.6 Å². The van der Waals surface area contributed by atoms with Gasteiger partial charge in [0.2, 0.25) is 0 Å². The molecule has 0 amide bonds. The molecule has 7 rings (SSSR count). The highest BCUT2D eigenvalue weighted by atomic mass is 16.4. The lowest BCUT2D eigenvalue weighted by atomic mass is 9.97. The van der Waals surface area contributed by atoms with Crippen molar-refractivity contribution in [3.8, 4) is 22.3 Å². The molecule has 0 saturated heterocycles. The molecule has 0 aliphatic heterocycles. The van der Waals surface area contributed by atoms with Crippen molar-refractivity contribution in [2.24, 2.45) is 0 Å². The fourth-order valence-corrected chi connectivity index (χ4v) is 4.88. The summed E-state index contributed by atoms with van der Waals surface area (Å²) in [4.78, 5) is 12.6. The molecule has 0 aliphatic rings. The van der Waals surface area contributed by atoms with Gasteiger partial charge in [-0.3, -0.25) is 0 Å². The molecule has 0 N–H and O–H groups in total. The second-order valence-electron chi connectivity index (χ2n) is 8.50. The zero-order valence-corrected chi connectivity index (χ0v) is 18.1. The molecule has 3 nitrogen and oxygen atoms in total. The Hall–Kier alpha value is -4.63. The number of hydrogen-bond donors (Lipinski definition) is 0. The van der Waals surface area contributed by atoms with E-state index in [0.717, 1.165) is 55.0 Å². The molecule has 0 bridgehead atoms. The van der Waals surface area contributed by atoms with Crippen molar-refractivity contribution in [1.29, 1.82) is 0 Å². The molecule has 0 spiro atoms. The Morgan fingerprint density at radius 1 is 0.441 bits per heavy atom. The van der Waals surface area contributed by atoms with Crippen molar-refractivity contribution in [1.82, 2.24) is 0 Å². The van der Waals surface area contributed by atoms with Gasteiger partial charge < -0.3 is 8.83 Å². The molecule has 0 saturated carbocycles. The summed E-state index contributed by atoms with van der Waals surface area (Å²) >= 11 is 0. The van der Waals surface area contributed by atoms with Crippen molar-refractivity contribution in [2.75, 3.05) is 0 Å². The minimum atomic E-state index is -0.316. The summed E-state index contributed by atoms with van der Waals surface area (Å²) in [5, 5.41) is 4.68. The lowest BCUT2D eigenvalue weighted by Crippen LogP contribution is -1.99. The Kier molecular flexibility index (Phi) is 4.00. The lowest BCUT2D eigenvalue weighted by Gasteiger charge is -2.08. The number of furan rings is 1. The monoisotopic (exact) mass is 438 g/mol. The largest absolute Gasteiger partial charge is 0.455 e. The minimum Gasteiger partial charge on any atom is -0.455 e. The Balaban J connectivity index is 1.34. The third kappa shape index (κ3) is 2.81. The van der Waals surface area contributed by atoms with Crippen molar-refractivity contribution < 1.29 is 8.83 Å². The normalized spacial score (nSPS) is 11.6. The first kappa shape index (κ1) is 18.9. The van der Waals surface area contributed by atoms with Crippen LogP contribution in [0.5, 0.6) is 0 Å². The van der Waals surface area contributed by atoms with Crippen molar-refractivity contribution >= 4 is 43.7 Å². The average Bonchev–Trinajstić information content (AvgIpc) is 3.28. The first-order valence-corrected chi connectivity index (χ1v) is 11.2. The molecule has 0 fully saturated rings. The molecule has 0 unspecified atom stereocenters. The van der Waals surface area contributed by atoms with E-state index in [1.54, 1.807) is 0 Å². The molecule has 5 aromatic carbocycles. The van der Waals surface area contributed by atoms with Crippen LogP contribution in [0.2, 0.25) is 0 Å². The predicted molar refractivity (Wildman–Crippen MR) is 138 cm³/mol. The van der Waals surface area contributed by atoms with E-state index in [0.29, 0.717) is 11.0 Å². The van der Waals surface area contributed by atoms with Crippen LogP contribution in [0.15, 0.2) is 123 Å². The molecule has 7 aromatic rings. The van der Waals surface area contributed by atoms with Gasteiger partial charge in [-0.05, 0) is 40.3 Å². The third-order valence-corrected chi connectivity index (χ3v) is 6.55. The maximum absolute atomic E-state index is 12.6. The summed E-state index contributed by atoms with van der Waals surface area (Å²) in [5.74, 6) is 0. The van der Waals surface area contributed by atoms with E-state index in [4.69, 9.17) is 8.83 Å². The summed E-state index contributed by atoms with van der Waals surface area (Å²) in [6, 6.07) is 36.4. The molecule has 2 aromatic heterocycles. The zero-order valence-electron chi connectivity index (χ0n) is 18.1. The smallest absolute Gasteiger partial charge is 0.344 e. The third-order valence-electron chi connectivity index (χ3n) is 6.55. The molecule has 2 heterocycles. The summed E-state index contributed by atoms with van der Waals surface area (Å²) in [6.45, 7) is 0. The highest BCUT2D eigenvalue weighted by molar-refractivity contribution is 6.09. The maximum Gasteiger partial charge on any atom is 0.344 e. The van der Waals surface area contributed by atoms with Gasteiger partial charge in [0.15, 0.2) is 0 Å². The van der Waals surface area contributed by atoms with Gasteiger partial charge in [-0.1, -0.05) is 91.0 Å². The van der Waals surface area contributed by atoms with Crippen LogP contribution in [-0.2, 0) is 0 Å². The van der Waals surface area contributed by atoms with Gasteiger partial charge in [0.05, 0.1) is 5.39 Å². The number of rotatable bonds is 2. The first-order valence-electron chi connectivity index (χ1n) is 11.2. The number of para-hydroxylation sites is 3. The summed E-state index contributed by atoms with van der Waals surface area (Å²) in [7, 11) is 0. The topological polar surface area (TPSA) is 43.4 Å². The van der Waals surface area contributed by atoms with E-state index >= 15 is 0 Å². The van der Waals surface area contributed by atoms with Crippen LogP contribution in [-0.4, -0.2) is 0 Å². The summed E-state index contributed by atoms with van der Waals surface area (Å²) < 4.78 is 11.7. The number of fused-ring (bicyclic) bond motifs is 6. The Morgan fingerprint density at radius 3 is 1.85 bits per heavy atom. The van der Waals surface area contributed by atoms with Crippen LogP contribution >= 0.6 is 0 Å². The van der Waals surface area contributed by atoms with Crippen LogP contribution in [0.1, 0.15) is 0 Å². The van der Waals surface area contributed by atoms with E-state index in [1.165, 1.54) is 0 Å². The second-order valence-corrected chi connectivity index (χ2v) is 8.50. The minimum absolute atomic E-state index is 0.316. The van der Waals surface area contributed by atoms with Crippen molar-refractivity contribution in [3.05, 3.63) is 120 Å². The Bertz CT molecular complexity index is 1920. The van der Waals surface area contributed by atoms with Gasteiger partial charge in [0.25, 0.3) is 0 Å². The fourth-order valence-electron chi connectivity index (χ4n) is 4.88. The van der Waals surface area contributed by atoms with Gasteiger partial charge in [0, 0.05) is 21.7 Å². The van der Waals surface area contributed by atoms with E-state index in [-0.39, 0.29) is 5.63 Å². The molecule has 0 aliphatic carbocycles. The van der Waals surface area contributed by atoms with E-state index in [9.17, 15) is 4.79 Å². The molecule has 160 valence electrons. The van der Waals surface area contributed by atoms with Gasteiger partial charge in [-0.2, -0.15) is 0 Å². The van der Waals surface area contributed by atoms with Crippen LogP contribution in [0.3, 0.4) is 0 Å². The van der Waals surface area contributed by atoms with Gasteiger partial charge in [-0.15, -0.1) is 0 Å². The fraction of sp³-hybridized carbons (Fsp3) is 0. The average molecular weight is 438 g/mol. The molecule has 0 atom stereocenters.